The van der Waals surface area contributed by atoms with Crippen LogP contribution in [0.4, 0.5) is 18.9 Å². The van der Waals surface area contributed by atoms with Crippen molar-refractivity contribution in [3.8, 4) is 11.5 Å². The molecule has 0 aliphatic carbocycles. The highest BCUT2D eigenvalue weighted by atomic mass is 19.4. The molecule has 2 aromatic heterocycles. The second-order valence-electron chi connectivity index (χ2n) is 5.98. The molecule has 0 aliphatic heterocycles. The van der Waals surface area contributed by atoms with Crippen molar-refractivity contribution < 1.29 is 22.4 Å². The minimum Gasteiger partial charge on any atom is -0.463 e. The van der Waals surface area contributed by atoms with E-state index in [9.17, 15) is 22.8 Å². The zero-order valence-corrected chi connectivity index (χ0v) is 14.6. The molecule has 9 heteroatoms. The number of aromatic nitrogens is 2. The minimum absolute atomic E-state index is 0.0835. The summed E-state index contributed by atoms with van der Waals surface area (Å²) in [5, 5.41) is 6.73. The highest BCUT2D eigenvalue weighted by Crippen LogP contribution is 2.29. The van der Waals surface area contributed by atoms with Crippen LogP contribution in [0.5, 0.6) is 0 Å². The average Bonchev–Trinajstić information content (AvgIpc) is 3.17. The van der Waals surface area contributed by atoms with Gasteiger partial charge in [-0.15, -0.1) is 0 Å². The van der Waals surface area contributed by atoms with E-state index >= 15 is 0 Å². The van der Waals surface area contributed by atoms with Crippen molar-refractivity contribution in [2.75, 3.05) is 5.32 Å². The number of benzene rings is 1. The normalized spacial score (nSPS) is 11.4. The lowest BCUT2D eigenvalue weighted by Gasteiger charge is -2.09. The summed E-state index contributed by atoms with van der Waals surface area (Å²) in [5.41, 5.74) is -0.322. The smallest absolute Gasteiger partial charge is 0.416 e. The van der Waals surface area contributed by atoms with Gasteiger partial charge in [-0.25, -0.2) is 4.68 Å². The molecule has 1 N–H and O–H groups in total. The number of hydrogen-bond donors (Lipinski definition) is 1. The SMILES string of the molecule is O=C(CCCn1nc(-c2ccco2)ccc1=O)Nc1ccc(C(F)(F)F)cc1. The number of alkyl halides is 3. The Hall–Kier alpha value is -3.36. The first kappa shape index (κ1) is 19.4. The summed E-state index contributed by atoms with van der Waals surface area (Å²) in [6.07, 6.45) is -2.51. The Bertz CT molecular complexity index is 994. The molecule has 0 aliphatic rings. The van der Waals surface area contributed by atoms with E-state index in [0.29, 0.717) is 17.9 Å². The number of amides is 1. The lowest BCUT2D eigenvalue weighted by atomic mass is 10.2. The first-order valence-electron chi connectivity index (χ1n) is 8.42. The van der Waals surface area contributed by atoms with Gasteiger partial charge in [-0.2, -0.15) is 18.3 Å². The van der Waals surface area contributed by atoms with Crippen LogP contribution in [0.1, 0.15) is 18.4 Å². The van der Waals surface area contributed by atoms with Crippen molar-refractivity contribution in [2.24, 2.45) is 0 Å². The van der Waals surface area contributed by atoms with Crippen molar-refractivity contribution in [1.29, 1.82) is 0 Å². The molecular weight excluding hydrogens is 375 g/mol. The molecule has 0 fully saturated rings. The zero-order valence-electron chi connectivity index (χ0n) is 14.6. The van der Waals surface area contributed by atoms with E-state index in [1.165, 1.54) is 29.1 Å². The molecule has 3 aromatic rings. The topological polar surface area (TPSA) is 77.1 Å². The van der Waals surface area contributed by atoms with E-state index in [2.05, 4.69) is 10.4 Å². The number of nitrogens with zero attached hydrogens (tertiary/aromatic N) is 2. The Morgan fingerprint density at radius 3 is 2.50 bits per heavy atom. The van der Waals surface area contributed by atoms with E-state index in [-0.39, 0.29) is 30.1 Å². The van der Waals surface area contributed by atoms with Gasteiger partial charge in [0.05, 0.1) is 11.8 Å². The number of carbonyl (C=O) groups is 1. The molecule has 0 saturated carbocycles. The van der Waals surface area contributed by atoms with Crippen molar-refractivity contribution in [2.45, 2.75) is 25.6 Å². The Morgan fingerprint density at radius 1 is 1.11 bits per heavy atom. The minimum atomic E-state index is -4.42. The fraction of sp³-hybridized carbons (Fsp3) is 0.211. The monoisotopic (exact) mass is 391 g/mol. The first-order chi connectivity index (χ1) is 13.3. The Morgan fingerprint density at radius 2 is 1.86 bits per heavy atom. The molecule has 0 atom stereocenters. The molecule has 1 amide bonds. The summed E-state index contributed by atoms with van der Waals surface area (Å²) in [6, 6.07) is 10.5. The van der Waals surface area contributed by atoms with E-state index < -0.39 is 11.7 Å². The second-order valence-corrected chi connectivity index (χ2v) is 5.98. The molecule has 0 saturated heterocycles. The molecule has 2 heterocycles. The molecule has 1 aromatic carbocycles. The number of halogens is 3. The number of anilines is 1. The molecule has 28 heavy (non-hydrogen) atoms. The van der Waals surface area contributed by atoms with Crippen molar-refractivity contribution >= 4 is 11.6 Å². The maximum Gasteiger partial charge on any atom is 0.416 e. The van der Waals surface area contributed by atoms with Crippen molar-refractivity contribution in [1.82, 2.24) is 9.78 Å². The third kappa shape index (κ3) is 4.87. The van der Waals surface area contributed by atoms with Gasteiger partial charge in [-0.05, 0) is 48.9 Å². The Labute approximate surface area is 157 Å². The van der Waals surface area contributed by atoms with E-state index in [1.54, 1.807) is 18.2 Å². The predicted molar refractivity (Wildman–Crippen MR) is 95.5 cm³/mol. The van der Waals surface area contributed by atoms with Gasteiger partial charge in [0, 0.05) is 24.7 Å². The summed E-state index contributed by atoms with van der Waals surface area (Å²) in [6.45, 7) is 0.216. The summed E-state index contributed by atoms with van der Waals surface area (Å²) in [7, 11) is 0. The van der Waals surface area contributed by atoms with Crippen LogP contribution in [0.15, 0.2) is 64.0 Å². The van der Waals surface area contributed by atoms with E-state index in [4.69, 9.17) is 4.42 Å². The van der Waals surface area contributed by atoms with Crippen LogP contribution in [-0.2, 0) is 17.5 Å². The zero-order chi connectivity index (χ0) is 20.1. The summed E-state index contributed by atoms with van der Waals surface area (Å²) in [5.74, 6) is 0.156. The third-order valence-corrected chi connectivity index (χ3v) is 3.91. The molecule has 0 unspecified atom stereocenters. The second kappa shape index (κ2) is 8.12. The van der Waals surface area contributed by atoms with Crippen LogP contribution in [0, 0.1) is 0 Å². The molecular formula is C19H16F3N3O3. The number of furan rings is 1. The van der Waals surface area contributed by atoms with Gasteiger partial charge in [0.15, 0.2) is 5.76 Å². The standard InChI is InChI=1S/C19H16F3N3O3/c20-19(21,22)13-5-7-14(8-6-13)23-17(26)4-1-11-25-18(27)10-9-15(24-25)16-3-2-12-28-16/h2-3,5-10,12H,1,4,11H2,(H,23,26). The maximum absolute atomic E-state index is 12.5. The molecule has 6 nitrogen and oxygen atoms in total. The van der Waals surface area contributed by atoms with Crippen molar-refractivity contribution in [3.63, 3.8) is 0 Å². The first-order valence-corrected chi connectivity index (χ1v) is 8.42. The summed E-state index contributed by atoms with van der Waals surface area (Å²) >= 11 is 0. The highest BCUT2D eigenvalue weighted by molar-refractivity contribution is 5.90. The van der Waals surface area contributed by atoms with Gasteiger partial charge in [-0.3, -0.25) is 9.59 Å². The fourth-order valence-electron chi connectivity index (χ4n) is 2.52. The summed E-state index contributed by atoms with van der Waals surface area (Å²) < 4.78 is 44.1. The van der Waals surface area contributed by atoms with Gasteiger partial charge < -0.3 is 9.73 Å². The average molecular weight is 391 g/mol. The van der Waals surface area contributed by atoms with E-state index in [1.807, 2.05) is 0 Å². The Kier molecular flexibility index (Phi) is 5.62. The molecule has 3 rings (SSSR count). The quantitative estimate of drug-likeness (QED) is 0.691. The molecule has 146 valence electrons. The van der Waals surface area contributed by atoms with Crippen LogP contribution in [-0.4, -0.2) is 15.7 Å². The lowest BCUT2D eigenvalue weighted by Crippen LogP contribution is -2.23. The molecule has 0 spiro atoms. The van der Waals surface area contributed by atoms with Gasteiger partial charge in [-0.1, -0.05) is 0 Å². The maximum atomic E-state index is 12.5. The van der Waals surface area contributed by atoms with Gasteiger partial charge in [0.2, 0.25) is 5.91 Å². The number of nitrogens with one attached hydrogen (secondary N) is 1. The molecule has 0 radical (unpaired) electrons. The van der Waals surface area contributed by atoms with Gasteiger partial charge >= 0.3 is 6.18 Å². The fourth-order valence-corrected chi connectivity index (χ4v) is 2.52. The number of rotatable bonds is 6. The van der Waals surface area contributed by atoms with E-state index in [0.717, 1.165) is 12.1 Å². The van der Waals surface area contributed by atoms with Crippen molar-refractivity contribution in [3.05, 3.63) is 70.7 Å². The summed E-state index contributed by atoms with van der Waals surface area (Å²) in [4.78, 5) is 23.9. The Balaban J connectivity index is 1.54. The largest absolute Gasteiger partial charge is 0.463 e. The van der Waals surface area contributed by atoms with Crippen LogP contribution in [0.25, 0.3) is 11.5 Å². The van der Waals surface area contributed by atoms with Crippen LogP contribution in [0.2, 0.25) is 0 Å². The van der Waals surface area contributed by atoms with Gasteiger partial charge in [0.25, 0.3) is 5.56 Å². The van der Waals surface area contributed by atoms with Crippen LogP contribution < -0.4 is 10.9 Å². The lowest BCUT2D eigenvalue weighted by molar-refractivity contribution is -0.137. The third-order valence-electron chi connectivity index (χ3n) is 3.91. The molecule has 0 bridgehead atoms. The van der Waals surface area contributed by atoms with Crippen LogP contribution >= 0.6 is 0 Å². The van der Waals surface area contributed by atoms with Crippen LogP contribution in [0.3, 0.4) is 0 Å². The van der Waals surface area contributed by atoms with Gasteiger partial charge in [0.1, 0.15) is 5.69 Å². The number of aryl methyl sites for hydroxylation is 1. The predicted octanol–water partition coefficient (Wildman–Crippen LogP) is 3.94. The number of hydrogen-bond acceptors (Lipinski definition) is 4. The number of carbonyl (C=O) groups excluding carboxylic acids is 1. The highest BCUT2D eigenvalue weighted by Gasteiger charge is 2.29.